The summed E-state index contributed by atoms with van der Waals surface area (Å²) in [6.45, 7) is 6.03. The van der Waals surface area contributed by atoms with E-state index in [1.165, 1.54) is 49.2 Å². The zero-order valence-electron chi connectivity index (χ0n) is 11.4. The van der Waals surface area contributed by atoms with Crippen LogP contribution in [0, 0.1) is 19.8 Å². The maximum atomic E-state index is 5.94. The van der Waals surface area contributed by atoms with Crippen molar-refractivity contribution in [2.24, 2.45) is 11.7 Å². The SMILES string of the molecule is Cc1cc(C)c(CN)c(N(CC2CC2)C2CC2)n1. The number of pyridine rings is 1. The first-order valence-electron chi connectivity index (χ1n) is 7.13. The molecular formula is C15H23N3. The van der Waals surface area contributed by atoms with Gasteiger partial charge in [-0.25, -0.2) is 4.98 Å². The predicted octanol–water partition coefficient (Wildman–Crippen LogP) is 2.54. The van der Waals surface area contributed by atoms with E-state index in [9.17, 15) is 0 Å². The summed E-state index contributed by atoms with van der Waals surface area (Å²) in [7, 11) is 0. The van der Waals surface area contributed by atoms with Crippen molar-refractivity contribution in [2.45, 2.75) is 52.1 Å². The van der Waals surface area contributed by atoms with Crippen LogP contribution in [-0.4, -0.2) is 17.6 Å². The number of aromatic nitrogens is 1. The van der Waals surface area contributed by atoms with Crippen molar-refractivity contribution in [3.8, 4) is 0 Å². The summed E-state index contributed by atoms with van der Waals surface area (Å²) >= 11 is 0. The number of hydrogen-bond acceptors (Lipinski definition) is 3. The number of aryl methyl sites for hydroxylation is 2. The third kappa shape index (κ3) is 2.37. The second kappa shape index (κ2) is 4.54. The molecule has 18 heavy (non-hydrogen) atoms. The van der Waals surface area contributed by atoms with E-state index in [1.807, 2.05) is 0 Å². The molecule has 3 heteroatoms. The molecule has 1 aromatic rings. The van der Waals surface area contributed by atoms with Crippen LogP contribution in [0.1, 0.15) is 42.5 Å². The summed E-state index contributed by atoms with van der Waals surface area (Å²) in [6.07, 6.45) is 5.44. The van der Waals surface area contributed by atoms with E-state index in [1.54, 1.807) is 0 Å². The fourth-order valence-electron chi connectivity index (χ4n) is 2.71. The Kier molecular flexibility index (Phi) is 3.02. The fraction of sp³-hybridized carbons (Fsp3) is 0.667. The Morgan fingerprint density at radius 1 is 1.28 bits per heavy atom. The van der Waals surface area contributed by atoms with Crippen LogP contribution in [0.2, 0.25) is 0 Å². The number of anilines is 1. The van der Waals surface area contributed by atoms with Crippen molar-refractivity contribution in [1.29, 1.82) is 0 Å². The molecule has 0 saturated heterocycles. The normalized spacial score (nSPS) is 19.1. The standard InChI is InChI=1S/C15H23N3/c1-10-7-11(2)17-15(14(10)8-16)18(13-5-6-13)9-12-3-4-12/h7,12-13H,3-6,8-9,16H2,1-2H3. The van der Waals surface area contributed by atoms with Crippen LogP contribution in [0.3, 0.4) is 0 Å². The van der Waals surface area contributed by atoms with E-state index in [2.05, 4.69) is 24.8 Å². The van der Waals surface area contributed by atoms with Crippen molar-refractivity contribution in [2.75, 3.05) is 11.4 Å². The zero-order valence-corrected chi connectivity index (χ0v) is 11.4. The highest BCUT2D eigenvalue weighted by molar-refractivity contribution is 5.53. The predicted molar refractivity (Wildman–Crippen MR) is 74.7 cm³/mol. The Bertz CT molecular complexity index is 447. The lowest BCUT2D eigenvalue weighted by molar-refractivity contribution is 0.701. The molecule has 0 spiro atoms. The van der Waals surface area contributed by atoms with Gasteiger partial charge in [0.25, 0.3) is 0 Å². The summed E-state index contributed by atoms with van der Waals surface area (Å²) in [6, 6.07) is 2.87. The van der Waals surface area contributed by atoms with Crippen molar-refractivity contribution >= 4 is 5.82 Å². The largest absolute Gasteiger partial charge is 0.353 e. The maximum absolute atomic E-state index is 5.94. The molecule has 3 nitrogen and oxygen atoms in total. The summed E-state index contributed by atoms with van der Waals surface area (Å²) < 4.78 is 0. The Balaban J connectivity index is 1.95. The lowest BCUT2D eigenvalue weighted by Crippen LogP contribution is -2.31. The highest BCUT2D eigenvalue weighted by atomic mass is 15.2. The smallest absolute Gasteiger partial charge is 0.133 e. The van der Waals surface area contributed by atoms with Crippen LogP contribution in [0.25, 0.3) is 0 Å². The van der Waals surface area contributed by atoms with Crippen molar-refractivity contribution < 1.29 is 0 Å². The van der Waals surface area contributed by atoms with E-state index in [0.29, 0.717) is 6.54 Å². The van der Waals surface area contributed by atoms with Crippen molar-refractivity contribution in [3.05, 3.63) is 22.9 Å². The average molecular weight is 245 g/mol. The summed E-state index contributed by atoms with van der Waals surface area (Å²) in [4.78, 5) is 7.33. The van der Waals surface area contributed by atoms with E-state index >= 15 is 0 Å². The molecule has 0 aliphatic heterocycles. The Morgan fingerprint density at radius 3 is 2.56 bits per heavy atom. The monoisotopic (exact) mass is 245 g/mol. The van der Waals surface area contributed by atoms with E-state index < -0.39 is 0 Å². The number of nitrogens with zero attached hydrogens (tertiary/aromatic N) is 2. The Morgan fingerprint density at radius 2 is 2.00 bits per heavy atom. The van der Waals surface area contributed by atoms with Crippen LogP contribution in [0.5, 0.6) is 0 Å². The van der Waals surface area contributed by atoms with Gasteiger partial charge in [-0.05, 0) is 57.1 Å². The Labute approximate surface area is 109 Å². The van der Waals surface area contributed by atoms with Crippen molar-refractivity contribution in [3.63, 3.8) is 0 Å². The first-order valence-corrected chi connectivity index (χ1v) is 7.13. The van der Waals surface area contributed by atoms with Gasteiger partial charge in [0.05, 0.1) is 0 Å². The molecule has 2 saturated carbocycles. The van der Waals surface area contributed by atoms with Gasteiger partial charge in [0.2, 0.25) is 0 Å². The molecule has 0 amide bonds. The molecule has 0 unspecified atom stereocenters. The lowest BCUT2D eigenvalue weighted by atomic mass is 10.1. The number of hydrogen-bond donors (Lipinski definition) is 1. The quantitative estimate of drug-likeness (QED) is 0.867. The lowest BCUT2D eigenvalue weighted by Gasteiger charge is -2.27. The van der Waals surface area contributed by atoms with Crippen molar-refractivity contribution in [1.82, 2.24) is 4.98 Å². The van der Waals surface area contributed by atoms with Gasteiger partial charge in [-0.2, -0.15) is 0 Å². The molecule has 0 atom stereocenters. The van der Waals surface area contributed by atoms with Gasteiger partial charge in [-0.15, -0.1) is 0 Å². The highest BCUT2D eigenvalue weighted by Crippen LogP contribution is 2.38. The highest BCUT2D eigenvalue weighted by Gasteiger charge is 2.35. The minimum absolute atomic E-state index is 0.600. The molecule has 1 heterocycles. The van der Waals surface area contributed by atoms with Gasteiger partial charge >= 0.3 is 0 Å². The average Bonchev–Trinajstić information content (AvgIpc) is 3.17. The Hall–Kier alpha value is -1.09. The van der Waals surface area contributed by atoms with Gasteiger partial charge in [-0.1, -0.05) is 0 Å². The summed E-state index contributed by atoms with van der Waals surface area (Å²) in [5.74, 6) is 2.07. The minimum atomic E-state index is 0.600. The summed E-state index contributed by atoms with van der Waals surface area (Å²) in [5.41, 5.74) is 9.59. The number of nitrogens with two attached hydrogens (primary N) is 1. The van der Waals surface area contributed by atoms with Gasteiger partial charge in [0.15, 0.2) is 0 Å². The summed E-state index contributed by atoms with van der Waals surface area (Å²) in [5, 5.41) is 0. The second-order valence-electron chi connectivity index (χ2n) is 5.91. The third-order valence-electron chi connectivity index (χ3n) is 4.07. The van der Waals surface area contributed by atoms with Crippen LogP contribution in [0.4, 0.5) is 5.82 Å². The van der Waals surface area contributed by atoms with Gasteiger partial charge < -0.3 is 10.6 Å². The molecule has 2 N–H and O–H groups in total. The second-order valence-corrected chi connectivity index (χ2v) is 5.91. The number of rotatable bonds is 5. The molecule has 0 bridgehead atoms. The third-order valence-corrected chi connectivity index (χ3v) is 4.07. The molecule has 2 fully saturated rings. The molecule has 2 aliphatic carbocycles. The molecule has 2 aliphatic rings. The first kappa shape index (κ1) is 12.0. The van der Waals surface area contributed by atoms with E-state index in [-0.39, 0.29) is 0 Å². The van der Waals surface area contributed by atoms with Gasteiger partial charge in [0.1, 0.15) is 5.82 Å². The zero-order chi connectivity index (χ0) is 12.7. The molecule has 0 radical (unpaired) electrons. The molecule has 0 aromatic carbocycles. The molecule has 3 rings (SSSR count). The van der Waals surface area contributed by atoms with Crippen LogP contribution >= 0.6 is 0 Å². The van der Waals surface area contributed by atoms with Crippen LogP contribution in [-0.2, 0) is 6.54 Å². The van der Waals surface area contributed by atoms with Crippen LogP contribution < -0.4 is 10.6 Å². The molecule has 1 aromatic heterocycles. The minimum Gasteiger partial charge on any atom is -0.353 e. The van der Waals surface area contributed by atoms with Crippen LogP contribution in [0.15, 0.2) is 6.07 Å². The maximum Gasteiger partial charge on any atom is 0.133 e. The topological polar surface area (TPSA) is 42.1 Å². The van der Waals surface area contributed by atoms with Gasteiger partial charge in [0, 0.05) is 30.4 Å². The fourth-order valence-corrected chi connectivity index (χ4v) is 2.71. The van der Waals surface area contributed by atoms with Gasteiger partial charge in [-0.3, -0.25) is 0 Å². The van der Waals surface area contributed by atoms with E-state index in [0.717, 1.165) is 17.7 Å². The molecular weight excluding hydrogens is 222 g/mol. The molecule has 98 valence electrons. The first-order chi connectivity index (χ1) is 8.69. The van der Waals surface area contributed by atoms with E-state index in [4.69, 9.17) is 10.7 Å².